The summed E-state index contributed by atoms with van der Waals surface area (Å²) in [6, 6.07) is 0. The van der Waals surface area contributed by atoms with Crippen molar-refractivity contribution in [2.24, 2.45) is 7.05 Å². The Morgan fingerprint density at radius 3 is 2.83 bits per heavy atom. The molecule has 0 spiro atoms. The average molecular weight is 307 g/mol. The number of rotatable bonds is 2. The molecule has 0 atom stereocenters. The summed E-state index contributed by atoms with van der Waals surface area (Å²) in [7, 11) is 1.89. The highest BCUT2D eigenvalue weighted by molar-refractivity contribution is 9.10. The highest BCUT2D eigenvalue weighted by atomic mass is 79.9. The standard InChI is InChI=1S/C11H11BrN6/c1-7-4-13-11-14-9(6-18(11)15-7)3-8-5-17(2)16-10(8)12/h4-6H,3H2,1-2H3. The number of aromatic nitrogens is 6. The van der Waals surface area contributed by atoms with E-state index in [4.69, 9.17) is 0 Å². The van der Waals surface area contributed by atoms with E-state index in [2.05, 4.69) is 36.1 Å². The maximum absolute atomic E-state index is 4.43. The van der Waals surface area contributed by atoms with E-state index < -0.39 is 0 Å². The Balaban J connectivity index is 1.97. The molecule has 0 saturated heterocycles. The predicted octanol–water partition coefficient (Wildman–Crippen LogP) is 1.52. The fourth-order valence-corrected chi connectivity index (χ4v) is 2.32. The van der Waals surface area contributed by atoms with Crippen molar-refractivity contribution in [1.29, 1.82) is 0 Å². The summed E-state index contributed by atoms with van der Waals surface area (Å²) in [4.78, 5) is 8.66. The smallest absolute Gasteiger partial charge is 0.250 e. The highest BCUT2D eigenvalue weighted by Gasteiger charge is 2.09. The summed E-state index contributed by atoms with van der Waals surface area (Å²) in [5, 5.41) is 8.57. The van der Waals surface area contributed by atoms with Crippen LogP contribution < -0.4 is 0 Å². The predicted molar refractivity (Wildman–Crippen MR) is 69.2 cm³/mol. The van der Waals surface area contributed by atoms with Gasteiger partial charge in [-0.25, -0.2) is 14.5 Å². The Kier molecular flexibility index (Phi) is 2.62. The molecule has 0 saturated carbocycles. The third kappa shape index (κ3) is 2.01. The molecule has 3 aromatic heterocycles. The molecular formula is C11H11BrN6. The Bertz CT molecular complexity index is 713. The molecule has 7 heteroatoms. The first-order valence-corrected chi connectivity index (χ1v) is 6.27. The van der Waals surface area contributed by atoms with Gasteiger partial charge in [0.2, 0.25) is 0 Å². The van der Waals surface area contributed by atoms with Crippen LogP contribution in [0, 0.1) is 6.92 Å². The number of hydrogen-bond acceptors (Lipinski definition) is 4. The summed E-state index contributed by atoms with van der Waals surface area (Å²) < 4.78 is 4.32. The van der Waals surface area contributed by atoms with Crippen LogP contribution in [0.2, 0.25) is 0 Å². The minimum Gasteiger partial charge on any atom is -0.274 e. The van der Waals surface area contributed by atoms with Crippen LogP contribution in [0.3, 0.4) is 0 Å². The molecule has 0 aliphatic rings. The van der Waals surface area contributed by atoms with Crippen LogP contribution in [-0.2, 0) is 13.5 Å². The van der Waals surface area contributed by atoms with Gasteiger partial charge in [0.15, 0.2) is 0 Å². The van der Waals surface area contributed by atoms with E-state index in [0.717, 1.165) is 21.6 Å². The van der Waals surface area contributed by atoms with Gasteiger partial charge in [0.05, 0.1) is 23.8 Å². The van der Waals surface area contributed by atoms with Crippen molar-refractivity contribution in [3.8, 4) is 0 Å². The zero-order valence-electron chi connectivity index (χ0n) is 10.0. The summed E-state index contributed by atoms with van der Waals surface area (Å²) >= 11 is 3.43. The molecule has 0 N–H and O–H groups in total. The number of nitrogens with zero attached hydrogens (tertiary/aromatic N) is 6. The molecular weight excluding hydrogens is 296 g/mol. The molecule has 18 heavy (non-hydrogen) atoms. The Morgan fingerprint density at radius 1 is 1.28 bits per heavy atom. The molecule has 0 aliphatic heterocycles. The molecule has 0 unspecified atom stereocenters. The van der Waals surface area contributed by atoms with Gasteiger partial charge >= 0.3 is 0 Å². The number of imidazole rings is 1. The molecule has 3 rings (SSSR count). The zero-order chi connectivity index (χ0) is 12.7. The van der Waals surface area contributed by atoms with Crippen LogP contribution in [0.25, 0.3) is 5.78 Å². The van der Waals surface area contributed by atoms with Gasteiger partial charge in [0.25, 0.3) is 5.78 Å². The lowest BCUT2D eigenvalue weighted by Gasteiger charge is -1.91. The molecule has 0 aromatic carbocycles. The molecule has 3 heterocycles. The SMILES string of the molecule is Cc1cnc2nc(Cc3cn(C)nc3Br)cn2n1. The molecule has 6 nitrogen and oxygen atoms in total. The van der Waals surface area contributed by atoms with Crippen LogP contribution in [-0.4, -0.2) is 29.4 Å². The largest absolute Gasteiger partial charge is 0.274 e. The van der Waals surface area contributed by atoms with E-state index in [-0.39, 0.29) is 0 Å². The normalized spacial score (nSPS) is 11.3. The Morgan fingerprint density at radius 2 is 2.11 bits per heavy atom. The van der Waals surface area contributed by atoms with Crippen molar-refractivity contribution >= 4 is 21.7 Å². The lowest BCUT2D eigenvalue weighted by molar-refractivity contribution is 0.760. The summed E-state index contributed by atoms with van der Waals surface area (Å²) in [5.74, 6) is 0.621. The van der Waals surface area contributed by atoms with Gasteiger partial charge < -0.3 is 0 Å². The van der Waals surface area contributed by atoms with Gasteiger partial charge in [-0.15, -0.1) is 0 Å². The molecule has 0 amide bonds. The number of halogens is 1. The lowest BCUT2D eigenvalue weighted by Crippen LogP contribution is -1.94. The van der Waals surface area contributed by atoms with E-state index in [1.807, 2.05) is 26.4 Å². The third-order valence-corrected chi connectivity index (χ3v) is 3.24. The first-order valence-electron chi connectivity index (χ1n) is 5.48. The van der Waals surface area contributed by atoms with Crippen molar-refractivity contribution in [1.82, 2.24) is 29.4 Å². The van der Waals surface area contributed by atoms with Crippen LogP contribution >= 0.6 is 15.9 Å². The van der Waals surface area contributed by atoms with Crippen molar-refractivity contribution in [2.75, 3.05) is 0 Å². The minimum absolute atomic E-state index is 0.621. The van der Waals surface area contributed by atoms with Gasteiger partial charge in [0, 0.05) is 25.2 Å². The molecule has 92 valence electrons. The van der Waals surface area contributed by atoms with E-state index in [9.17, 15) is 0 Å². The second-order valence-electron chi connectivity index (χ2n) is 4.17. The van der Waals surface area contributed by atoms with E-state index >= 15 is 0 Å². The fourth-order valence-electron chi connectivity index (χ4n) is 1.83. The number of fused-ring (bicyclic) bond motifs is 1. The molecule has 0 radical (unpaired) electrons. The minimum atomic E-state index is 0.621. The van der Waals surface area contributed by atoms with Gasteiger partial charge in [-0.3, -0.25) is 4.68 Å². The molecule has 0 bridgehead atoms. The maximum Gasteiger partial charge on any atom is 0.250 e. The second-order valence-corrected chi connectivity index (χ2v) is 4.92. The first kappa shape index (κ1) is 11.3. The number of hydrogen-bond donors (Lipinski definition) is 0. The summed E-state index contributed by atoms with van der Waals surface area (Å²) in [6.45, 7) is 1.91. The van der Waals surface area contributed by atoms with Crippen LogP contribution in [0.5, 0.6) is 0 Å². The maximum atomic E-state index is 4.43. The summed E-state index contributed by atoms with van der Waals surface area (Å²) in [6.07, 6.45) is 6.29. The Labute approximate surface area is 112 Å². The van der Waals surface area contributed by atoms with Crippen LogP contribution in [0.4, 0.5) is 0 Å². The van der Waals surface area contributed by atoms with Crippen LogP contribution in [0.1, 0.15) is 17.0 Å². The Hall–Kier alpha value is -1.76. The molecule has 3 aromatic rings. The monoisotopic (exact) mass is 306 g/mol. The van der Waals surface area contributed by atoms with E-state index in [1.165, 1.54) is 0 Å². The average Bonchev–Trinajstić information content (AvgIpc) is 2.82. The second kappa shape index (κ2) is 4.16. The van der Waals surface area contributed by atoms with Gasteiger partial charge in [-0.2, -0.15) is 10.2 Å². The van der Waals surface area contributed by atoms with E-state index in [1.54, 1.807) is 15.4 Å². The topological polar surface area (TPSA) is 60.9 Å². The van der Waals surface area contributed by atoms with Crippen molar-refractivity contribution in [3.05, 3.63) is 40.1 Å². The van der Waals surface area contributed by atoms with E-state index in [0.29, 0.717) is 12.2 Å². The fraction of sp³-hybridized carbons (Fsp3) is 0.273. The zero-order valence-corrected chi connectivity index (χ0v) is 11.6. The molecule has 0 fully saturated rings. The van der Waals surface area contributed by atoms with Gasteiger partial charge in [-0.1, -0.05) is 0 Å². The third-order valence-electron chi connectivity index (χ3n) is 2.58. The van der Waals surface area contributed by atoms with Crippen molar-refractivity contribution < 1.29 is 0 Å². The van der Waals surface area contributed by atoms with Crippen molar-refractivity contribution in [3.63, 3.8) is 0 Å². The number of aryl methyl sites for hydroxylation is 2. The highest BCUT2D eigenvalue weighted by Crippen LogP contribution is 2.17. The van der Waals surface area contributed by atoms with Crippen molar-refractivity contribution in [2.45, 2.75) is 13.3 Å². The van der Waals surface area contributed by atoms with Gasteiger partial charge in [-0.05, 0) is 22.9 Å². The van der Waals surface area contributed by atoms with Crippen LogP contribution in [0.15, 0.2) is 23.2 Å². The first-order chi connectivity index (χ1) is 8.61. The molecule has 0 aliphatic carbocycles. The van der Waals surface area contributed by atoms with Gasteiger partial charge in [0.1, 0.15) is 4.60 Å². The lowest BCUT2D eigenvalue weighted by atomic mass is 10.2. The quantitative estimate of drug-likeness (QED) is 0.720. The summed E-state index contributed by atoms with van der Waals surface area (Å²) in [5.41, 5.74) is 2.89.